The van der Waals surface area contributed by atoms with E-state index in [0.29, 0.717) is 11.4 Å². The van der Waals surface area contributed by atoms with Gasteiger partial charge in [0, 0.05) is 6.08 Å². The first-order valence-electron chi connectivity index (χ1n) is 6.28. The van der Waals surface area contributed by atoms with Crippen molar-refractivity contribution in [2.75, 3.05) is 0 Å². The van der Waals surface area contributed by atoms with Crippen molar-refractivity contribution in [1.82, 2.24) is 0 Å². The van der Waals surface area contributed by atoms with Gasteiger partial charge in [-0.05, 0) is 36.4 Å². The van der Waals surface area contributed by atoms with Crippen molar-refractivity contribution in [3.63, 3.8) is 0 Å². The van der Waals surface area contributed by atoms with E-state index in [0.717, 1.165) is 6.08 Å². The third-order valence-electron chi connectivity index (χ3n) is 2.63. The molecule has 0 radical (unpaired) electrons. The molecular weight excluding hydrogens is 284 g/mol. The minimum absolute atomic E-state index is 0.166. The van der Waals surface area contributed by atoms with Gasteiger partial charge in [-0.15, -0.1) is 5.11 Å². The summed E-state index contributed by atoms with van der Waals surface area (Å²) in [5.41, 5.74) is 1.02. The molecule has 2 aromatic rings. The standard InChI is InChI=1S/C16H12N2O4/c1-2-15(19)22-14-6-4-3-5-13(14)18-17-12-9-7-11(8-10-12)16(20)21/h2-10H,1H2,(H,20,21). The molecule has 0 saturated heterocycles. The molecule has 1 N–H and O–H groups in total. The minimum Gasteiger partial charge on any atom is -0.478 e. The largest absolute Gasteiger partial charge is 0.478 e. The molecule has 0 unspecified atom stereocenters. The second-order valence-electron chi connectivity index (χ2n) is 4.14. The van der Waals surface area contributed by atoms with E-state index >= 15 is 0 Å². The zero-order valence-corrected chi connectivity index (χ0v) is 11.5. The van der Waals surface area contributed by atoms with Gasteiger partial charge in [0.05, 0.1) is 11.3 Å². The third-order valence-corrected chi connectivity index (χ3v) is 2.63. The van der Waals surface area contributed by atoms with Gasteiger partial charge in [0.15, 0.2) is 5.75 Å². The van der Waals surface area contributed by atoms with Crippen LogP contribution in [0, 0.1) is 0 Å². The third kappa shape index (κ3) is 3.86. The number of para-hydroxylation sites is 1. The van der Waals surface area contributed by atoms with Crippen LogP contribution in [0.25, 0.3) is 0 Å². The highest BCUT2D eigenvalue weighted by Crippen LogP contribution is 2.29. The highest BCUT2D eigenvalue weighted by atomic mass is 16.5. The Morgan fingerprint density at radius 2 is 1.73 bits per heavy atom. The number of hydrogen-bond acceptors (Lipinski definition) is 5. The van der Waals surface area contributed by atoms with E-state index in [2.05, 4.69) is 16.8 Å². The van der Waals surface area contributed by atoms with Gasteiger partial charge in [-0.2, -0.15) is 5.11 Å². The number of carboxylic acids is 1. The van der Waals surface area contributed by atoms with Crippen LogP contribution in [0.4, 0.5) is 11.4 Å². The fraction of sp³-hybridized carbons (Fsp3) is 0. The first-order chi connectivity index (χ1) is 10.6. The van der Waals surface area contributed by atoms with E-state index in [1.54, 1.807) is 24.3 Å². The Labute approximate surface area is 126 Å². The van der Waals surface area contributed by atoms with Gasteiger partial charge in [-0.25, -0.2) is 9.59 Å². The van der Waals surface area contributed by atoms with E-state index in [-0.39, 0.29) is 11.3 Å². The summed E-state index contributed by atoms with van der Waals surface area (Å²) < 4.78 is 5.05. The summed E-state index contributed by atoms with van der Waals surface area (Å²) in [6.07, 6.45) is 1.05. The maximum absolute atomic E-state index is 11.2. The van der Waals surface area contributed by atoms with Crippen LogP contribution < -0.4 is 4.74 Å². The number of hydrogen-bond donors (Lipinski definition) is 1. The molecule has 0 atom stereocenters. The summed E-state index contributed by atoms with van der Waals surface area (Å²) in [5, 5.41) is 16.8. The molecule has 0 aromatic heterocycles. The molecule has 2 aromatic carbocycles. The van der Waals surface area contributed by atoms with Crippen molar-refractivity contribution in [3.8, 4) is 5.75 Å². The first kappa shape index (κ1) is 15.1. The molecule has 0 aliphatic carbocycles. The Hall–Kier alpha value is -3.28. The van der Waals surface area contributed by atoms with Crippen LogP contribution in [0.2, 0.25) is 0 Å². The van der Waals surface area contributed by atoms with Gasteiger partial charge in [-0.3, -0.25) is 0 Å². The number of benzene rings is 2. The average molecular weight is 296 g/mol. The molecule has 6 nitrogen and oxygen atoms in total. The SMILES string of the molecule is C=CC(=O)Oc1ccccc1N=Nc1ccc(C(=O)O)cc1. The van der Waals surface area contributed by atoms with Crippen LogP contribution in [0.3, 0.4) is 0 Å². The zero-order chi connectivity index (χ0) is 15.9. The number of nitrogens with zero attached hydrogens (tertiary/aromatic N) is 2. The Kier molecular flexibility index (Phi) is 4.77. The minimum atomic E-state index is -1.01. The predicted octanol–water partition coefficient (Wildman–Crippen LogP) is 3.89. The fourth-order valence-corrected chi connectivity index (χ4v) is 1.56. The van der Waals surface area contributed by atoms with Gasteiger partial charge >= 0.3 is 11.9 Å². The van der Waals surface area contributed by atoms with Gasteiger partial charge < -0.3 is 9.84 Å². The smallest absolute Gasteiger partial charge is 0.335 e. The molecule has 0 bridgehead atoms. The van der Waals surface area contributed by atoms with E-state index < -0.39 is 11.9 Å². The highest BCUT2D eigenvalue weighted by Gasteiger charge is 2.06. The number of ether oxygens (including phenoxy) is 1. The number of carboxylic acid groups (broad SMARTS) is 1. The fourth-order valence-electron chi connectivity index (χ4n) is 1.56. The van der Waals surface area contributed by atoms with Crippen molar-refractivity contribution < 1.29 is 19.4 Å². The molecule has 2 rings (SSSR count). The highest BCUT2D eigenvalue weighted by molar-refractivity contribution is 5.87. The molecule has 22 heavy (non-hydrogen) atoms. The van der Waals surface area contributed by atoms with Crippen molar-refractivity contribution >= 4 is 23.3 Å². The first-order valence-corrected chi connectivity index (χ1v) is 6.28. The summed E-state index contributed by atoms with van der Waals surface area (Å²) in [6, 6.07) is 12.6. The monoisotopic (exact) mass is 296 g/mol. The molecule has 0 spiro atoms. The number of azo groups is 1. The lowest BCUT2D eigenvalue weighted by molar-refractivity contribution is -0.128. The normalized spacial score (nSPS) is 10.4. The number of aromatic carboxylic acids is 1. The molecule has 0 saturated carbocycles. The van der Waals surface area contributed by atoms with Crippen molar-refractivity contribution in [2.45, 2.75) is 0 Å². The van der Waals surface area contributed by atoms with Crippen LogP contribution in [0.5, 0.6) is 5.75 Å². The van der Waals surface area contributed by atoms with E-state index in [1.165, 1.54) is 24.3 Å². The van der Waals surface area contributed by atoms with Crippen molar-refractivity contribution in [3.05, 3.63) is 66.7 Å². The van der Waals surface area contributed by atoms with Crippen LogP contribution in [0.1, 0.15) is 10.4 Å². The van der Waals surface area contributed by atoms with E-state index in [1.807, 2.05) is 0 Å². The molecule has 0 aliphatic heterocycles. The van der Waals surface area contributed by atoms with Crippen LogP contribution in [-0.2, 0) is 4.79 Å². The lowest BCUT2D eigenvalue weighted by Crippen LogP contribution is -2.02. The van der Waals surface area contributed by atoms with Crippen LogP contribution in [-0.4, -0.2) is 17.0 Å². The zero-order valence-electron chi connectivity index (χ0n) is 11.5. The number of carbonyl (C=O) groups is 2. The molecule has 0 fully saturated rings. The van der Waals surface area contributed by atoms with Gasteiger partial charge in [0.2, 0.25) is 0 Å². The Bertz CT molecular complexity index is 736. The van der Waals surface area contributed by atoms with E-state index in [4.69, 9.17) is 9.84 Å². The lowest BCUT2D eigenvalue weighted by Gasteiger charge is -2.03. The predicted molar refractivity (Wildman–Crippen MR) is 79.9 cm³/mol. The van der Waals surface area contributed by atoms with Gasteiger partial charge in [-0.1, -0.05) is 18.7 Å². The van der Waals surface area contributed by atoms with Crippen molar-refractivity contribution in [2.24, 2.45) is 10.2 Å². The quantitative estimate of drug-likeness (QED) is 0.392. The summed E-state index contributed by atoms with van der Waals surface area (Å²) in [7, 11) is 0. The molecule has 6 heteroatoms. The Balaban J connectivity index is 2.20. The van der Waals surface area contributed by atoms with Gasteiger partial charge in [0.25, 0.3) is 0 Å². The van der Waals surface area contributed by atoms with Crippen LogP contribution in [0.15, 0.2) is 71.4 Å². The summed E-state index contributed by atoms with van der Waals surface area (Å²) in [6.45, 7) is 3.33. The number of rotatable bonds is 5. The summed E-state index contributed by atoms with van der Waals surface area (Å²) >= 11 is 0. The maximum atomic E-state index is 11.2. The molecule has 110 valence electrons. The topological polar surface area (TPSA) is 88.3 Å². The molecule has 0 heterocycles. The Morgan fingerprint density at radius 3 is 2.36 bits per heavy atom. The second-order valence-corrected chi connectivity index (χ2v) is 4.14. The average Bonchev–Trinajstić information content (AvgIpc) is 2.54. The maximum Gasteiger partial charge on any atom is 0.335 e. The summed E-state index contributed by atoms with van der Waals surface area (Å²) in [4.78, 5) is 22.0. The second kappa shape index (κ2) is 6.94. The molecule has 0 aliphatic rings. The summed E-state index contributed by atoms with van der Waals surface area (Å²) in [5.74, 6) is -1.34. The molecular formula is C16H12N2O4. The number of esters is 1. The Morgan fingerprint density at radius 1 is 1.05 bits per heavy atom. The molecule has 0 amide bonds. The lowest BCUT2D eigenvalue weighted by atomic mass is 10.2. The van der Waals surface area contributed by atoms with Crippen molar-refractivity contribution in [1.29, 1.82) is 0 Å². The van der Waals surface area contributed by atoms with Gasteiger partial charge in [0.1, 0.15) is 5.69 Å². The van der Waals surface area contributed by atoms with E-state index in [9.17, 15) is 9.59 Å². The van der Waals surface area contributed by atoms with Crippen LogP contribution >= 0.6 is 0 Å². The number of carbonyl (C=O) groups excluding carboxylic acids is 1.